The van der Waals surface area contributed by atoms with Crippen LogP contribution < -0.4 is 10.4 Å². The molecule has 1 aromatic carbocycles. The van der Waals surface area contributed by atoms with Gasteiger partial charge < -0.3 is 18.6 Å². The van der Waals surface area contributed by atoms with E-state index in [0.717, 1.165) is 0 Å². The van der Waals surface area contributed by atoms with Crippen molar-refractivity contribution >= 4 is 22.9 Å². The quantitative estimate of drug-likeness (QED) is 0.453. The molecule has 28 heavy (non-hydrogen) atoms. The molecule has 0 radical (unpaired) electrons. The molecule has 148 valence electrons. The van der Waals surface area contributed by atoms with E-state index in [2.05, 4.69) is 0 Å². The predicted octanol–water partition coefficient (Wildman–Crippen LogP) is 3.45. The summed E-state index contributed by atoms with van der Waals surface area (Å²) in [6.45, 7) is 8.08. The molecule has 2 atom stereocenters. The number of ether oxygens (including phenoxy) is 3. The van der Waals surface area contributed by atoms with E-state index in [1.807, 2.05) is 0 Å². The van der Waals surface area contributed by atoms with Crippen molar-refractivity contribution in [3.05, 3.63) is 51.9 Å². The second-order valence-electron chi connectivity index (χ2n) is 7.18. The molecule has 0 saturated heterocycles. The first-order valence-corrected chi connectivity index (χ1v) is 8.91. The first-order chi connectivity index (χ1) is 13.1. The van der Waals surface area contributed by atoms with Crippen LogP contribution in [0.15, 0.2) is 45.1 Å². The van der Waals surface area contributed by atoms with Crippen molar-refractivity contribution in [1.29, 1.82) is 0 Å². The fraction of sp³-hybridized carbons (Fsp3) is 0.381. The Bertz CT molecular complexity index is 1030. The van der Waals surface area contributed by atoms with Gasteiger partial charge in [0.1, 0.15) is 16.9 Å². The lowest BCUT2D eigenvalue weighted by Crippen LogP contribution is -2.52. The van der Waals surface area contributed by atoms with Crippen LogP contribution in [0.1, 0.15) is 46.3 Å². The van der Waals surface area contributed by atoms with Crippen molar-refractivity contribution in [1.82, 2.24) is 0 Å². The second kappa shape index (κ2) is 7.14. The second-order valence-corrected chi connectivity index (χ2v) is 7.18. The molecule has 0 fully saturated rings. The van der Waals surface area contributed by atoms with Gasteiger partial charge in [-0.05, 0) is 45.9 Å². The number of allylic oxidation sites excluding steroid dienone is 1. The van der Waals surface area contributed by atoms with Crippen LogP contribution in [-0.2, 0) is 19.1 Å². The number of benzene rings is 1. The lowest BCUT2D eigenvalue weighted by atomic mass is 9.87. The van der Waals surface area contributed by atoms with Gasteiger partial charge in [0.2, 0.25) is 0 Å². The number of carbonyl (C=O) groups excluding carboxylic acids is 2. The highest BCUT2D eigenvalue weighted by atomic mass is 16.6. The SMILES string of the molecule is C/C=C(\C)C(=O)O[C@H]1c2c(ccc3ccc(=O)oc23)OC(C)(C)[C@H]1OC(C)=O. The van der Waals surface area contributed by atoms with Gasteiger partial charge in [-0.15, -0.1) is 0 Å². The number of esters is 2. The molecule has 1 aliphatic heterocycles. The van der Waals surface area contributed by atoms with Gasteiger partial charge in [0.25, 0.3) is 0 Å². The van der Waals surface area contributed by atoms with E-state index in [-0.39, 0.29) is 5.58 Å². The molecule has 3 rings (SSSR count). The van der Waals surface area contributed by atoms with Crippen molar-refractivity contribution in [3.8, 4) is 5.75 Å². The van der Waals surface area contributed by atoms with Crippen molar-refractivity contribution < 1.29 is 28.2 Å². The number of fused-ring (bicyclic) bond motifs is 3. The van der Waals surface area contributed by atoms with Crippen LogP contribution in [0.5, 0.6) is 5.75 Å². The Labute approximate surface area is 161 Å². The number of rotatable bonds is 3. The summed E-state index contributed by atoms with van der Waals surface area (Å²) < 4.78 is 22.7. The number of hydrogen-bond donors (Lipinski definition) is 0. The Morgan fingerprint density at radius 1 is 1.11 bits per heavy atom. The van der Waals surface area contributed by atoms with Gasteiger partial charge >= 0.3 is 17.6 Å². The zero-order valence-corrected chi connectivity index (χ0v) is 16.4. The fourth-order valence-corrected chi connectivity index (χ4v) is 3.18. The van der Waals surface area contributed by atoms with E-state index in [9.17, 15) is 14.4 Å². The summed E-state index contributed by atoms with van der Waals surface area (Å²) in [6, 6.07) is 6.37. The van der Waals surface area contributed by atoms with Gasteiger partial charge in [-0.1, -0.05) is 6.08 Å². The molecule has 0 unspecified atom stereocenters. The lowest BCUT2D eigenvalue weighted by Gasteiger charge is -2.43. The van der Waals surface area contributed by atoms with Gasteiger partial charge in [-0.3, -0.25) is 4.79 Å². The molecule has 0 saturated carbocycles. The maximum atomic E-state index is 12.5. The standard InChI is InChI=1S/C21H22O7/c1-6-11(2)20(24)27-18-16-14(28-21(4,5)19(18)25-12(3)22)9-7-13-8-10-15(23)26-17(13)16/h6-10,18-19H,1-5H3/b11-6+/t18-,19-/m0/s1. The molecular weight excluding hydrogens is 364 g/mol. The van der Waals surface area contributed by atoms with E-state index >= 15 is 0 Å². The van der Waals surface area contributed by atoms with Crippen LogP contribution in [0.25, 0.3) is 11.0 Å². The van der Waals surface area contributed by atoms with Crippen LogP contribution in [0, 0.1) is 0 Å². The molecule has 7 heteroatoms. The van der Waals surface area contributed by atoms with Crippen LogP contribution in [-0.4, -0.2) is 23.6 Å². The van der Waals surface area contributed by atoms with Gasteiger partial charge in [-0.2, -0.15) is 0 Å². The Balaban J connectivity index is 2.25. The summed E-state index contributed by atoms with van der Waals surface area (Å²) in [4.78, 5) is 36.1. The highest BCUT2D eigenvalue weighted by molar-refractivity contribution is 5.89. The Kier molecular flexibility index (Phi) is 5.02. The van der Waals surface area contributed by atoms with Crippen molar-refractivity contribution in [2.75, 3.05) is 0 Å². The minimum Gasteiger partial charge on any atom is -0.483 e. The average Bonchev–Trinajstić information content (AvgIpc) is 2.62. The Hall–Kier alpha value is -3.09. The largest absolute Gasteiger partial charge is 0.483 e. The summed E-state index contributed by atoms with van der Waals surface area (Å²) in [5.74, 6) is -0.717. The average molecular weight is 386 g/mol. The van der Waals surface area contributed by atoms with Gasteiger partial charge in [0.05, 0.1) is 5.56 Å². The van der Waals surface area contributed by atoms with Crippen molar-refractivity contribution in [2.45, 2.75) is 52.4 Å². The Morgan fingerprint density at radius 2 is 1.79 bits per heavy atom. The first-order valence-electron chi connectivity index (χ1n) is 8.91. The highest BCUT2D eigenvalue weighted by Gasteiger charge is 2.49. The minimum atomic E-state index is -1.01. The molecule has 0 N–H and O–H groups in total. The normalized spacial score (nSPS) is 20.8. The molecule has 1 aliphatic rings. The highest BCUT2D eigenvalue weighted by Crippen LogP contribution is 2.46. The van der Waals surface area contributed by atoms with Crippen molar-refractivity contribution in [2.24, 2.45) is 0 Å². The van der Waals surface area contributed by atoms with Crippen LogP contribution >= 0.6 is 0 Å². The molecule has 2 aromatic rings. The fourth-order valence-electron chi connectivity index (χ4n) is 3.18. The van der Waals surface area contributed by atoms with E-state index in [1.54, 1.807) is 52.0 Å². The first kappa shape index (κ1) is 19.7. The molecule has 1 aromatic heterocycles. The summed E-state index contributed by atoms with van der Waals surface area (Å²) in [5.41, 5.74) is -0.555. The van der Waals surface area contributed by atoms with E-state index in [1.165, 1.54) is 13.0 Å². The summed E-state index contributed by atoms with van der Waals surface area (Å²) in [5, 5.41) is 0.632. The van der Waals surface area contributed by atoms with E-state index in [4.69, 9.17) is 18.6 Å². The molecule has 0 spiro atoms. The minimum absolute atomic E-state index is 0.230. The lowest BCUT2D eigenvalue weighted by molar-refractivity contribution is -0.186. The summed E-state index contributed by atoms with van der Waals surface area (Å²) in [6.07, 6.45) is -0.334. The zero-order chi connectivity index (χ0) is 20.6. The third kappa shape index (κ3) is 3.52. The monoisotopic (exact) mass is 386 g/mol. The molecule has 0 aliphatic carbocycles. The molecule has 7 nitrogen and oxygen atoms in total. The van der Waals surface area contributed by atoms with E-state index < -0.39 is 35.4 Å². The molecule has 0 amide bonds. The van der Waals surface area contributed by atoms with Crippen molar-refractivity contribution in [3.63, 3.8) is 0 Å². The predicted molar refractivity (Wildman–Crippen MR) is 101 cm³/mol. The van der Waals surface area contributed by atoms with Gasteiger partial charge in [0.15, 0.2) is 12.2 Å². The van der Waals surface area contributed by atoms with E-state index in [0.29, 0.717) is 22.3 Å². The third-order valence-corrected chi connectivity index (χ3v) is 4.69. The summed E-state index contributed by atoms with van der Waals surface area (Å²) >= 11 is 0. The topological polar surface area (TPSA) is 92.0 Å². The summed E-state index contributed by atoms with van der Waals surface area (Å²) in [7, 11) is 0. The zero-order valence-electron chi connectivity index (χ0n) is 16.4. The maximum Gasteiger partial charge on any atom is 0.336 e. The number of hydrogen-bond acceptors (Lipinski definition) is 7. The Morgan fingerprint density at radius 3 is 2.43 bits per heavy atom. The van der Waals surface area contributed by atoms with Crippen LogP contribution in [0.3, 0.4) is 0 Å². The molecule has 2 heterocycles. The van der Waals surface area contributed by atoms with Crippen LogP contribution in [0.2, 0.25) is 0 Å². The smallest absolute Gasteiger partial charge is 0.336 e. The maximum absolute atomic E-state index is 12.5. The molecular formula is C21H22O7. The van der Waals surface area contributed by atoms with Crippen LogP contribution in [0.4, 0.5) is 0 Å². The van der Waals surface area contributed by atoms with Gasteiger partial charge in [0, 0.05) is 23.9 Å². The van der Waals surface area contributed by atoms with Gasteiger partial charge in [-0.25, -0.2) is 9.59 Å². The third-order valence-electron chi connectivity index (χ3n) is 4.69. The molecule has 0 bridgehead atoms. The number of carbonyl (C=O) groups is 2.